The fourth-order valence-corrected chi connectivity index (χ4v) is 1.29. The van der Waals surface area contributed by atoms with E-state index in [4.69, 9.17) is 26.8 Å². The molecular weight excluding hydrogens is 230 g/mol. The molecule has 4 nitrogen and oxygen atoms in total. The Balaban J connectivity index is 2.55. The predicted octanol–water partition coefficient (Wildman–Crippen LogP) is 2.12. The Bertz CT molecular complexity index is 368. The van der Waals surface area contributed by atoms with Gasteiger partial charge in [0.1, 0.15) is 6.61 Å². The number of rotatable bonds is 5. The summed E-state index contributed by atoms with van der Waals surface area (Å²) in [6, 6.07) is 4.68. The molecular formula is C11H14ClNO3. The third-order valence-electron chi connectivity index (χ3n) is 1.90. The van der Waals surface area contributed by atoms with Crippen molar-refractivity contribution in [2.45, 2.75) is 6.92 Å². The van der Waals surface area contributed by atoms with Crippen LogP contribution in [0.1, 0.15) is 17.3 Å². The second kappa shape index (κ2) is 6.35. The number of hydrogen-bond donors (Lipinski definition) is 1. The second-order valence-electron chi connectivity index (χ2n) is 3.06. The lowest BCUT2D eigenvalue weighted by Gasteiger charge is -2.07. The molecule has 0 spiro atoms. The highest BCUT2D eigenvalue weighted by atomic mass is 35.5. The number of nitrogen functional groups attached to an aromatic ring is 1. The molecule has 0 radical (unpaired) electrons. The SMILES string of the molecule is CCOCCOC(=O)c1cc(Cl)ccc1N. The normalized spacial score (nSPS) is 10.1. The van der Waals surface area contributed by atoms with E-state index >= 15 is 0 Å². The van der Waals surface area contributed by atoms with Gasteiger partial charge in [-0.15, -0.1) is 0 Å². The maximum absolute atomic E-state index is 11.6. The van der Waals surface area contributed by atoms with E-state index in [1.165, 1.54) is 6.07 Å². The van der Waals surface area contributed by atoms with Gasteiger partial charge in [0.05, 0.1) is 12.2 Å². The zero-order valence-corrected chi connectivity index (χ0v) is 9.79. The summed E-state index contributed by atoms with van der Waals surface area (Å²) in [4.78, 5) is 11.6. The highest BCUT2D eigenvalue weighted by Gasteiger charge is 2.11. The van der Waals surface area contributed by atoms with E-state index in [1.807, 2.05) is 6.92 Å². The standard InChI is InChI=1S/C11H14ClNO3/c1-2-15-5-6-16-11(14)9-7-8(12)3-4-10(9)13/h3-4,7H,2,5-6,13H2,1H3. The van der Waals surface area contributed by atoms with Crippen molar-refractivity contribution < 1.29 is 14.3 Å². The molecule has 0 aliphatic rings. The minimum atomic E-state index is -0.486. The summed E-state index contributed by atoms with van der Waals surface area (Å²) in [6.45, 7) is 3.05. The number of carbonyl (C=O) groups excluding carboxylic acids is 1. The van der Waals surface area contributed by atoms with Gasteiger partial charge in [-0.05, 0) is 25.1 Å². The number of benzene rings is 1. The van der Waals surface area contributed by atoms with Gasteiger partial charge in [-0.1, -0.05) is 11.6 Å². The first-order valence-electron chi connectivity index (χ1n) is 4.95. The van der Waals surface area contributed by atoms with Gasteiger partial charge in [-0.3, -0.25) is 0 Å². The lowest BCUT2D eigenvalue weighted by molar-refractivity contribution is 0.0336. The Kier molecular flexibility index (Phi) is 5.08. The van der Waals surface area contributed by atoms with Crippen LogP contribution in [0.25, 0.3) is 0 Å². The summed E-state index contributed by atoms with van der Waals surface area (Å²) in [7, 11) is 0. The van der Waals surface area contributed by atoms with Crippen molar-refractivity contribution in [3.8, 4) is 0 Å². The Labute approximate surface area is 99.3 Å². The topological polar surface area (TPSA) is 61.5 Å². The van der Waals surface area contributed by atoms with Crippen LogP contribution in [0.2, 0.25) is 5.02 Å². The Morgan fingerprint density at radius 2 is 2.19 bits per heavy atom. The van der Waals surface area contributed by atoms with Crippen molar-refractivity contribution in [3.63, 3.8) is 0 Å². The molecule has 0 aromatic heterocycles. The van der Waals surface area contributed by atoms with Crippen LogP contribution in [0.15, 0.2) is 18.2 Å². The summed E-state index contributed by atoms with van der Waals surface area (Å²) in [5.41, 5.74) is 6.26. The molecule has 0 amide bonds. The lowest BCUT2D eigenvalue weighted by atomic mass is 10.2. The fraction of sp³-hybridized carbons (Fsp3) is 0.364. The molecule has 88 valence electrons. The summed E-state index contributed by atoms with van der Waals surface area (Å²) in [5.74, 6) is -0.486. The van der Waals surface area contributed by atoms with Crippen LogP contribution in [-0.2, 0) is 9.47 Å². The number of carbonyl (C=O) groups is 1. The number of esters is 1. The van der Waals surface area contributed by atoms with Gasteiger partial charge < -0.3 is 15.2 Å². The van der Waals surface area contributed by atoms with Crippen LogP contribution in [0.4, 0.5) is 5.69 Å². The fourth-order valence-electron chi connectivity index (χ4n) is 1.12. The number of hydrogen-bond acceptors (Lipinski definition) is 4. The van der Waals surface area contributed by atoms with Gasteiger partial charge in [-0.25, -0.2) is 4.79 Å². The maximum Gasteiger partial charge on any atom is 0.340 e. The first kappa shape index (κ1) is 12.8. The van der Waals surface area contributed by atoms with Crippen molar-refractivity contribution in [3.05, 3.63) is 28.8 Å². The molecule has 0 bridgehead atoms. The van der Waals surface area contributed by atoms with Crippen molar-refractivity contribution in [2.75, 3.05) is 25.6 Å². The highest BCUT2D eigenvalue weighted by Crippen LogP contribution is 2.18. The Morgan fingerprint density at radius 3 is 2.88 bits per heavy atom. The molecule has 5 heteroatoms. The summed E-state index contributed by atoms with van der Waals surface area (Å²) in [5, 5.41) is 0.450. The van der Waals surface area contributed by atoms with Gasteiger partial charge in [0.15, 0.2) is 0 Å². The number of nitrogens with two attached hydrogens (primary N) is 1. The van der Waals surface area contributed by atoms with E-state index in [1.54, 1.807) is 12.1 Å². The first-order valence-corrected chi connectivity index (χ1v) is 5.33. The molecule has 0 aliphatic heterocycles. The van der Waals surface area contributed by atoms with Gasteiger partial charge in [0.2, 0.25) is 0 Å². The largest absolute Gasteiger partial charge is 0.460 e. The summed E-state index contributed by atoms with van der Waals surface area (Å²) < 4.78 is 10.0. The monoisotopic (exact) mass is 243 g/mol. The summed E-state index contributed by atoms with van der Waals surface area (Å²) in [6.07, 6.45) is 0. The van der Waals surface area contributed by atoms with Gasteiger partial charge in [0, 0.05) is 17.3 Å². The molecule has 0 saturated heterocycles. The van der Waals surface area contributed by atoms with E-state index in [2.05, 4.69) is 0 Å². The molecule has 16 heavy (non-hydrogen) atoms. The molecule has 0 atom stereocenters. The number of ether oxygens (including phenoxy) is 2. The molecule has 0 unspecified atom stereocenters. The zero-order chi connectivity index (χ0) is 12.0. The lowest BCUT2D eigenvalue weighted by Crippen LogP contribution is -2.12. The van der Waals surface area contributed by atoms with Gasteiger partial charge in [0.25, 0.3) is 0 Å². The predicted molar refractivity (Wildman–Crippen MR) is 62.6 cm³/mol. The Morgan fingerprint density at radius 1 is 1.44 bits per heavy atom. The average Bonchev–Trinajstić information content (AvgIpc) is 2.27. The quantitative estimate of drug-likeness (QED) is 0.489. The Hall–Kier alpha value is -1.26. The third kappa shape index (κ3) is 3.72. The molecule has 0 aliphatic carbocycles. The smallest absolute Gasteiger partial charge is 0.340 e. The second-order valence-corrected chi connectivity index (χ2v) is 3.50. The third-order valence-corrected chi connectivity index (χ3v) is 2.14. The van der Waals surface area contributed by atoms with Crippen LogP contribution >= 0.6 is 11.6 Å². The molecule has 2 N–H and O–H groups in total. The number of halogens is 1. The van der Waals surface area contributed by atoms with Crippen LogP contribution in [-0.4, -0.2) is 25.8 Å². The minimum absolute atomic E-state index is 0.207. The van der Waals surface area contributed by atoms with Crippen molar-refractivity contribution >= 4 is 23.3 Å². The molecule has 0 heterocycles. The highest BCUT2D eigenvalue weighted by molar-refractivity contribution is 6.31. The maximum atomic E-state index is 11.6. The van der Waals surface area contributed by atoms with E-state index in [0.717, 1.165) is 0 Å². The van der Waals surface area contributed by atoms with Crippen LogP contribution < -0.4 is 5.73 Å². The first-order chi connectivity index (χ1) is 7.65. The van der Waals surface area contributed by atoms with Gasteiger partial charge >= 0.3 is 5.97 Å². The van der Waals surface area contributed by atoms with Crippen LogP contribution in [0.3, 0.4) is 0 Å². The molecule has 1 aromatic carbocycles. The van der Waals surface area contributed by atoms with Crippen LogP contribution in [0, 0.1) is 0 Å². The summed E-state index contributed by atoms with van der Waals surface area (Å²) >= 11 is 5.76. The van der Waals surface area contributed by atoms with E-state index < -0.39 is 5.97 Å². The molecule has 0 saturated carbocycles. The van der Waals surface area contributed by atoms with Crippen molar-refractivity contribution in [2.24, 2.45) is 0 Å². The van der Waals surface area contributed by atoms with E-state index in [0.29, 0.717) is 23.9 Å². The minimum Gasteiger partial charge on any atom is -0.460 e. The van der Waals surface area contributed by atoms with E-state index in [9.17, 15) is 4.79 Å². The van der Waals surface area contributed by atoms with Gasteiger partial charge in [-0.2, -0.15) is 0 Å². The zero-order valence-electron chi connectivity index (χ0n) is 9.03. The average molecular weight is 244 g/mol. The van der Waals surface area contributed by atoms with Crippen LogP contribution in [0.5, 0.6) is 0 Å². The number of anilines is 1. The van der Waals surface area contributed by atoms with Crippen molar-refractivity contribution in [1.82, 2.24) is 0 Å². The molecule has 1 rings (SSSR count). The molecule has 1 aromatic rings. The van der Waals surface area contributed by atoms with E-state index in [-0.39, 0.29) is 12.2 Å². The van der Waals surface area contributed by atoms with Crippen molar-refractivity contribution in [1.29, 1.82) is 0 Å². The molecule has 0 fully saturated rings.